The average Bonchev–Trinajstić information content (AvgIpc) is 2.92. The Bertz CT molecular complexity index is 1300. The predicted molar refractivity (Wildman–Crippen MR) is 145 cm³/mol. The van der Waals surface area contributed by atoms with E-state index >= 15 is 0 Å². The van der Waals surface area contributed by atoms with Gasteiger partial charge in [0.1, 0.15) is 11.9 Å². The van der Waals surface area contributed by atoms with Gasteiger partial charge >= 0.3 is 0 Å². The number of halogens is 1. The van der Waals surface area contributed by atoms with Crippen LogP contribution in [0, 0.1) is 5.82 Å². The van der Waals surface area contributed by atoms with Crippen LogP contribution in [0.25, 0.3) is 0 Å². The molecule has 9 heteroatoms. The molecular formula is C29H34FN3O4S. The Balaban J connectivity index is 1.87. The first-order chi connectivity index (χ1) is 18.2. The van der Waals surface area contributed by atoms with Gasteiger partial charge in [-0.25, -0.2) is 17.5 Å². The van der Waals surface area contributed by atoms with Gasteiger partial charge in [0.25, 0.3) is 0 Å². The number of benzene rings is 3. The van der Waals surface area contributed by atoms with Crippen LogP contribution >= 0.6 is 0 Å². The van der Waals surface area contributed by atoms with Crippen molar-refractivity contribution >= 4 is 21.8 Å². The van der Waals surface area contributed by atoms with E-state index in [4.69, 9.17) is 0 Å². The molecule has 38 heavy (non-hydrogen) atoms. The van der Waals surface area contributed by atoms with Gasteiger partial charge in [0, 0.05) is 26.1 Å². The van der Waals surface area contributed by atoms with Crippen LogP contribution in [0.15, 0.2) is 83.8 Å². The number of nitrogens with one attached hydrogen (secondary N) is 2. The molecule has 0 spiro atoms. The Hall–Kier alpha value is -3.56. The lowest BCUT2D eigenvalue weighted by Gasteiger charge is -2.32. The zero-order chi connectivity index (χ0) is 27.5. The quantitative estimate of drug-likeness (QED) is 0.338. The maximum atomic E-state index is 13.7. The van der Waals surface area contributed by atoms with Crippen molar-refractivity contribution in [3.63, 3.8) is 0 Å². The van der Waals surface area contributed by atoms with E-state index in [2.05, 4.69) is 10.0 Å². The van der Waals surface area contributed by atoms with Gasteiger partial charge in [0.2, 0.25) is 21.8 Å². The zero-order valence-corrected chi connectivity index (χ0v) is 22.5. The maximum absolute atomic E-state index is 13.7. The molecule has 2 amide bonds. The number of carbonyl (C=O) groups excluding carboxylic acids is 2. The van der Waals surface area contributed by atoms with Crippen molar-refractivity contribution in [3.05, 3.63) is 101 Å². The van der Waals surface area contributed by atoms with Gasteiger partial charge in [-0.05, 0) is 53.8 Å². The summed E-state index contributed by atoms with van der Waals surface area (Å²) >= 11 is 0. The number of rotatable bonds is 13. The van der Waals surface area contributed by atoms with Crippen LogP contribution in [-0.4, -0.2) is 38.2 Å². The highest BCUT2D eigenvalue weighted by Crippen LogP contribution is 2.25. The van der Waals surface area contributed by atoms with Crippen LogP contribution in [0.4, 0.5) is 4.39 Å². The second-order valence-electron chi connectivity index (χ2n) is 8.90. The minimum atomic E-state index is -3.56. The van der Waals surface area contributed by atoms with Gasteiger partial charge in [0.15, 0.2) is 0 Å². The van der Waals surface area contributed by atoms with Crippen molar-refractivity contribution in [2.45, 2.75) is 50.6 Å². The summed E-state index contributed by atoms with van der Waals surface area (Å²) in [5, 5.41) is 2.91. The van der Waals surface area contributed by atoms with E-state index in [0.717, 1.165) is 12.0 Å². The lowest BCUT2D eigenvalue weighted by molar-refractivity contribution is -0.141. The standard InChI is InChI=1S/C29H34FN3O4S/c1-3-20-31-29(35)28(24-8-6-5-7-9-24)33(21-23-10-15-25(30)16-11-23)27(34)19-14-22-12-17-26(18-13-22)38(36,37)32-4-2/h5-13,15-18,28,32H,3-4,14,19-21H2,1-2H3,(H,31,35). The second-order valence-corrected chi connectivity index (χ2v) is 10.7. The van der Waals surface area contributed by atoms with Crippen LogP contribution in [0.3, 0.4) is 0 Å². The first-order valence-electron chi connectivity index (χ1n) is 12.7. The monoisotopic (exact) mass is 539 g/mol. The van der Waals surface area contributed by atoms with Crippen molar-refractivity contribution in [2.75, 3.05) is 13.1 Å². The molecule has 7 nitrogen and oxygen atoms in total. The second kappa shape index (κ2) is 13.8. The summed E-state index contributed by atoms with van der Waals surface area (Å²) in [6.07, 6.45) is 1.21. The van der Waals surface area contributed by atoms with Crippen molar-refractivity contribution in [2.24, 2.45) is 0 Å². The number of nitrogens with zero attached hydrogens (tertiary/aromatic N) is 1. The van der Waals surface area contributed by atoms with E-state index in [9.17, 15) is 22.4 Å². The SMILES string of the molecule is CCCNC(=O)C(c1ccccc1)N(Cc1ccc(F)cc1)C(=O)CCc1ccc(S(=O)(=O)NCC)cc1. The molecular weight excluding hydrogens is 505 g/mol. The van der Waals surface area contributed by atoms with Gasteiger partial charge in [-0.15, -0.1) is 0 Å². The molecule has 0 aromatic heterocycles. The Morgan fingerprint density at radius 2 is 1.53 bits per heavy atom. The first-order valence-corrected chi connectivity index (χ1v) is 14.2. The molecule has 0 saturated heterocycles. The molecule has 2 N–H and O–H groups in total. The molecule has 0 aliphatic carbocycles. The fourth-order valence-corrected chi connectivity index (χ4v) is 5.11. The summed E-state index contributed by atoms with van der Waals surface area (Å²) in [4.78, 5) is 28.7. The van der Waals surface area contributed by atoms with Gasteiger partial charge in [-0.2, -0.15) is 0 Å². The predicted octanol–water partition coefficient (Wildman–Crippen LogP) is 4.35. The molecule has 0 saturated carbocycles. The van der Waals surface area contributed by atoms with Gasteiger partial charge in [-0.1, -0.05) is 68.4 Å². The van der Waals surface area contributed by atoms with Crippen molar-refractivity contribution < 1.29 is 22.4 Å². The van der Waals surface area contributed by atoms with Crippen molar-refractivity contribution in [1.29, 1.82) is 0 Å². The molecule has 0 radical (unpaired) electrons. The number of hydrogen-bond donors (Lipinski definition) is 2. The fraction of sp³-hybridized carbons (Fsp3) is 0.310. The molecule has 0 heterocycles. The van der Waals surface area contributed by atoms with Crippen molar-refractivity contribution in [1.82, 2.24) is 14.9 Å². The first kappa shape index (κ1) is 29.0. The highest BCUT2D eigenvalue weighted by Gasteiger charge is 2.31. The average molecular weight is 540 g/mol. The van der Waals surface area contributed by atoms with E-state index in [-0.39, 0.29) is 42.0 Å². The third-order valence-electron chi connectivity index (χ3n) is 6.01. The topological polar surface area (TPSA) is 95.6 Å². The van der Waals surface area contributed by atoms with Gasteiger partial charge in [-0.3, -0.25) is 9.59 Å². The molecule has 1 unspecified atom stereocenters. The molecule has 3 aromatic carbocycles. The Morgan fingerprint density at radius 3 is 2.13 bits per heavy atom. The maximum Gasteiger partial charge on any atom is 0.247 e. The fourth-order valence-electron chi connectivity index (χ4n) is 4.07. The van der Waals surface area contributed by atoms with Crippen LogP contribution in [0.5, 0.6) is 0 Å². The van der Waals surface area contributed by atoms with Crippen molar-refractivity contribution in [3.8, 4) is 0 Å². The largest absolute Gasteiger partial charge is 0.354 e. The van der Waals surface area contributed by atoms with Crippen LogP contribution in [0.1, 0.15) is 49.4 Å². The molecule has 0 aliphatic heterocycles. The van der Waals surface area contributed by atoms with E-state index in [0.29, 0.717) is 24.1 Å². The van der Waals surface area contributed by atoms with Gasteiger partial charge < -0.3 is 10.2 Å². The zero-order valence-electron chi connectivity index (χ0n) is 21.7. The summed E-state index contributed by atoms with van der Waals surface area (Å²) in [6.45, 7) is 4.55. The molecule has 3 aromatic rings. The third-order valence-corrected chi connectivity index (χ3v) is 7.57. The minimum absolute atomic E-state index is 0.102. The normalized spacial score (nSPS) is 12.1. The summed E-state index contributed by atoms with van der Waals surface area (Å²) in [5.41, 5.74) is 2.17. The molecule has 0 aliphatic rings. The van der Waals surface area contributed by atoms with Crippen LogP contribution in [0.2, 0.25) is 0 Å². The number of carbonyl (C=O) groups is 2. The third kappa shape index (κ3) is 7.97. The summed E-state index contributed by atoms with van der Waals surface area (Å²) in [7, 11) is -3.56. The summed E-state index contributed by atoms with van der Waals surface area (Å²) in [5.74, 6) is -0.919. The van der Waals surface area contributed by atoms with Gasteiger partial charge in [0.05, 0.1) is 4.90 Å². The number of aryl methyl sites for hydroxylation is 1. The Morgan fingerprint density at radius 1 is 0.895 bits per heavy atom. The summed E-state index contributed by atoms with van der Waals surface area (Å²) in [6, 6.07) is 20.5. The molecule has 0 fully saturated rings. The highest BCUT2D eigenvalue weighted by molar-refractivity contribution is 7.89. The smallest absolute Gasteiger partial charge is 0.247 e. The van der Waals surface area contributed by atoms with Crippen LogP contribution in [-0.2, 0) is 32.6 Å². The number of hydrogen-bond acceptors (Lipinski definition) is 4. The van der Waals surface area contributed by atoms with Crippen LogP contribution < -0.4 is 10.0 Å². The Kier molecular flexibility index (Phi) is 10.6. The lowest BCUT2D eigenvalue weighted by Crippen LogP contribution is -2.43. The number of amides is 2. The van der Waals surface area contributed by atoms with E-state index in [1.165, 1.54) is 29.2 Å². The summed E-state index contributed by atoms with van der Waals surface area (Å²) < 4.78 is 40.4. The lowest BCUT2D eigenvalue weighted by atomic mass is 10.0. The molecule has 0 bridgehead atoms. The molecule has 3 rings (SSSR count). The molecule has 202 valence electrons. The minimum Gasteiger partial charge on any atom is -0.354 e. The van der Waals surface area contributed by atoms with E-state index in [1.54, 1.807) is 31.2 Å². The highest BCUT2D eigenvalue weighted by atomic mass is 32.2. The molecule has 1 atom stereocenters. The van der Waals surface area contributed by atoms with E-state index in [1.807, 2.05) is 37.3 Å². The Labute approximate surface area is 224 Å². The van der Waals surface area contributed by atoms with E-state index < -0.39 is 16.1 Å². The number of sulfonamides is 1.